The molecule has 0 saturated heterocycles. The molecule has 5 rings (SSSR count). The summed E-state index contributed by atoms with van der Waals surface area (Å²) in [6, 6.07) is 20.2. The Kier molecular flexibility index (Phi) is 4.67. The second kappa shape index (κ2) is 7.62. The molecule has 0 spiro atoms. The van der Waals surface area contributed by atoms with Crippen LogP contribution in [0.1, 0.15) is 6.42 Å². The summed E-state index contributed by atoms with van der Waals surface area (Å²) >= 11 is 1.60. The molecular weight excluding hydrogens is 382 g/mol. The van der Waals surface area contributed by atoms with Crippen molar-refractivity contribution in [1.82, 2.24) is 19.6 Å². The normalized spacial score (nSPS) is 11.3. The lowest BCUT2D eigenvalue weighted by atomic mass is 10.1. The van der Waals surface area contributed by atoms with E-state index in [9.17, 15) is 0 Å². The second-order valence-corrected chi connectivity index (χ2v) is 7.53. The van der Waals surface area contributed by atoms with Crippen molar-refractivity contribution in [2.24, 2.45) is 0 Å². The molecule has 144 valence electrons. The van der Waals surface area contributed by atoms with Crippen molar-refractivity contribution in [3.05, 3.63) is 66.0 Å². The number of anilines is 1. The van der Waals surface area contributed by atoms with Crippen molar-refractivity contribution in [1.29, 1.82) is 0 Å². The SMILES string of the molecule is OCCCNc1nc2scc(-c3ccccc3)c2c2nc(-c3ccccc3)nn12. The van der Waals surface area contributed by atoms with Crippen molar-refractivity contribution >= 4 is 33.1 Å². The van der Waals surface area contributed by atoms with Crippen molar-refractivity contribution in [3.8, 4) is 22.5 Å². The van der Waals surface area contributed by atoms with Crippen LogP contribution in [0.25, 0.3) is 38.4 Å². The third kappa shape index (κ3) is 3.24. The molecule has 0 saturated carbocycles. The predicted octanol–water partition coefficient (Wildman–Crippen LogP) is 4.47. The number of aliphatic hydroxyl groups excluding tert-OH is 1. The highest BCUT2D eigenvalue weighted by Gasteiger charge is 2.19. The molecule has 0 bridgehead atoms. The average Bonchev–Trinajstić information content (AvgIpc) is 3.40. The molecule has 5 aromatic rings. The molecule has 0 unspecified atom stereocenters. The number of thiophene rings is 1. The van der Waals surface area contributed by atoms with Crippen LogP contribution in [0.5, 0.6) is 0 Å². The smallest absolute Gasteiger partial charge is 0.227 e. The fraction of sp³-hybridized carbons (Fsp3) is 0.136. The summed E-state index contributed by atoms with van der Waals surface area (Å²) in [6.45, 7) is 0.740. The van der Waals surface area contributed by atoms with Crippen LogP contribution < -0.4 is 5.32 Å². The van der Waals surface area contributed by atoms with Crippen LogP contribution in [0.3, 0.4) is 0 Å². The van der Waals surface area contributed by atoms with Crippen molar-refractivity contribution < 1.29 is 5.11 Å². The molecule has 2 aromatic carbocycles. The molecule has 3 heterocycles. The van der Waals surface area contributed by atoms with Crippen molar-refractivity contribution in [2.45, 2.75) is 6.42 Å². The number of fused-ring (bicyclic) bond motifs is 3. The van der Waals surface area contributed by atoms with Crippen LogP contribution >= 0.6 is 11.3 Å². The lowest BCUT2D eigenvalue weighted by Crippen LogP contribution is -2.10. The Balaban J connectivity index is 1.75. The molecule has 0 aliphatic heterocycles. The van der Waals surface area contributed by atoms with Gasteiger partial charge in [-0.25, -0.2) is 9.97 Å². The number of hydrogen-bond acceptors (Lipinski definition) is 6. The van der Waals surface area contributed by atoms with E-state index in [4.69, 9.17) is 20.2 Å². The van der Waals surface area contributed by atoms with Gasteiger partial charge in [0.1, 0.15) is 4.83 Å². The van der Waals surface area contributed by atoms with Gasteiger partial charge in [-0.15, -0.1) is 16.4 Å². The molecule has 7 heteroatoms. The lowest BCUT2D eigenvalue weighted by Gasteiger charge is -2.07. The van der Waals surface area contributed by atoms with Crippen LogP contribution in [0, 0.1) is 0 Å². The Morgan fingerprint density at radius 1 is 0.931 bits per heavy atom. The first-order valence-electron chi connectivity index (χ1n) is 9.48. The first-order chi connectivity index (χ1) is 14.3. The van der Waals surface area contributed by atoms with Gasteiger partial charge in [-0.3, -0.25) is 0 Å². The topological polar surface area (TPSA) is 75.3 Å². The number of benzene rings is 2. The minimum atomic E-state index is 0.127. The first kappa shape index (κ1) is 17.8. The van der Waals surface area contributed by atoms with Gasteiger partial charge in [-0.1, -0.05) is 60.7 Å². The number of aliphatic hydroxyl groups is 1. The van der Waals surface area contributed by atoms with Crippen molar-refractivity contribution in [3.63, 3.8) is 0 Å². The summed E-state index contributed by atoms with van der Waals surface area (Å²) in [6.07, 6.45) is 0.640. The van der Waals surface area contributed by atoms with Gasteiger partial charge >= 0.3 is 0 Å². The second-order valence-electron chi connectivity index (χ2n) is 6.67. The van der Waals surface area contributed by atoms with Gasteiger partial charge in [0.25, 0.3) is 0 Å². The Labute approximate surface area is 171 Å². The highest BCUT2D eigenvalue weighted by molar-refractivity contribution is 7.17. The molecule has 0 aliphatic carbocycles. The summed E-state index contributed by atoms with van der Waals surface area (Å²) in [5.41, 5.74) is 3.98. The Hall–Kier alpha value is -3.29. The van der Waals surface area contributed by atoms with E-state index in [0.29, 0.717) is 24.7 Å². The molecule has 3 aromatic heterocycles. The number of aromatic nitrogens is 4. The van der Waals surface area contributed by atoms with Crippen molar-refractivity contribution in [2.75, 3.05) is 18.5 Å². The van der Waals surface area contributed by atoms with Gasteiger partial charge in [0, 0.05) is 29.7 Å². The van der Waals surface area contributed by atoms with Crippen LogP contribution in [0.4, 0.5) is 5.95 Å². The zero-order valence-corrected chi connectivity index (χ0v) is 16.4. The third-order valence-electron chi connectivity index (χ3n) is 4.75. The highest BCUT2D eigenvalue weighted by Crippen LogP contribution is 2.36. The predicted molar refractivity (Wildman–Crippen MR) is 117 cm³/mol. The molecule has 2 N–H and O–H groups in total. The number of nitrogens with one attached hydrogen (secondary N) is 1. The van der Waals surface area contributed by atoms with Crippen LogP contribution in [0.2, 0.25) is 0 Å². The van der Waals surface area contributed by atoms with E-state index in [1.807, 2.05) is 48.5 Å². The Morgan fingerprint density at radius 2 is 1.66 bits per heavy atom. The van der Waals surface area contributed by atoms with E-state index in [1.54, 1.807) is 15.9 Å². The van der Waals surface area contributed by atoms with E-state index >= 15 is 0 Å². The van der Waals surface area contributed by atoms with Gasteiger partial charge in [-0.2, -0.15) is 4.52 Å². The summed E-state index contributed by atoms with van der Waals surface area (Å²) < 4.78 is 1.78. The largest absolute Gasteiger partial charge is 0.396 e. The molecule has 6 nitrogen and oxygen atoms in total. The molecule has 0 fully saturated rings. The minimum absolute atomic E-state index is 0.127. The summed E-state index contributed by atoms with van der Waals surface area (Å²) in [5.74, 6) is 1.30. The Bertz CT molecular complexity index is 1260. The Morgan fingerprint density at radius 3 is 2.38 bits per heavy atom. The van der Waals surface area contributed by atoms with Gasteiger partial charge in [0.2, 0.25) is 5.95 Å². The molecule has 0 radical (unpaired) electrons. The summed E-state index contributed by atoms with van der Waals surface area (Å²) in [7, 11) is 0. The number of nitrogens with zero attached hydrogens (tertiary/aromatic N) is 4. The zero-order valence-electron chi connectivity index (χ0n) is 15.6. The molecule has 0 aliphatic rings. The fourth-order valence-electron chi connectivity index (χ4n) is 3.34. The number of rotatable bonds is 6. The van der Waals surface area contributed by atoms with Gasteiger partial charge in [-0.05, 0) is 12.0 Å². The maximum atomic E-state index is 9.12. The minimum Gasteiger partial charge on any atom is -0.396 e. The monoisotopic (exact) mass is 401 g/mol. The fourth-order valence-corrected chi connectivity index (χ4v) is 4.29. The quantitative estimate of drug-likeness (QED) is 0.411. The molecule has 0 amide bonds. The highest BCUT2D eigenvalue weighted by atomic mass is 32.1. The van der Waals surface area contributed by atoms with E-state index in [1.165, 1.54) is 0 Å². The lowest BCUT2D eigenvalue weighted by molar-refractivity contribution is 0.292. The summed E-state index contributed by atoms with van der Waals surface area (Å²) in [5, 5.41) is 20.3. The van der Waals surface area contributed by atoms with Gasteiger partial charge in [0.05, 0.1) is 5.39 Å². The van der Waals surface area contributed by atoms with E-state index < -0.39 is 0 Å². The molecule has 0 atom stereocenters. The van der Waals surface area contributed by atoms with Crippen LogP contribution in [-0.2, 0) is 0 Å². The van der Waals surface area contributed by atoms with Crippen LogP contribution in [-0.4, -0.2) is 37.8 Å². The van der Waals surface area contributed by atoms with Gasteiger partial charge < -0.3 is 10.4 Å². The van der Waals surface area contributed by atoms with Crippen LogP contribution in [0.15, 0.2) is 66.0 Å². The standard InChI is InChI=1S/C22H19N5OS/c28-13-7-12-23-22-25-21-18(17(14-29-21)15-8-3-1-4-9-15)20-24-19(26-27(20)22)16-10-5-2-6-11-16/h1-6,8-11,14,28H,7,12-13H2,(H,23,25). The summed E-state index contributed by atoms with van der Waals surface area (Å²) in [4.78, 5) is 10.6. The average molecular weight is 401 g/mol. The molecule has 29 heavy (non-hydrogen) atoms. The van der Waals surface area contributed by atoms with E-state index in [-0.39, 0.29) is 6.61 Å². The number of hydrogen-bond donors (Lipinski definition) is 2. The molecular formula is C22H19N5OS. The van der Waals surface area contributed by atoms with Gasteiger partial charge in [0.15, 0.2) is 11.5 Å². The third-order valence-corrected chi connectivity index (χ3v) is 5.62. The maximum Gasteiger partial charge on any atom is 0.227 e. The first-order valence-corrected chi connectivity index (χ1v) is 10.4. The van der Waals surface area contributed by atoms with E-state index in [0.717, 1.165) is 32.6 Å². The maximum absolute atomic E-state index is 9.12. The van der Waals surface area contributed by atoms with E-state index in [2.05, 4.69) is 22.8 Å². The zero-order chi connectivity index (χ0) is 19.6.